The fourth-order valence-corrected chi connectivity index (χ4v) is 10.6. The third-order valence-corrected chi connectivity index (χ3v) is 14.0. The van der Waals surface area contributed by atoms with Crippen molar-refractivity contribution in [2.45, 2.75) is 31.5 Å². The Bertz CT molecular complexity index is 2120. The van der Waals surface area contributed by atoms with E-state index >= 15 is 0 Å². The van der Waals surface area contributed by atoms with Crippen LogP contribution in [-0.4, -0.2) is 31.8 Å². The van der Waals surface area contributed by atoms with Crippen LogP contribution in [0.5, 0.6) is 0 Å². The number of benzene rings is 6. The molecule has 7 heteroatoms. The van der Waals surface area contributed by atoms with Crippen LogP contribution in [0.15, 0.2) is 218 Å². The Morgan fingerprint density at radius 3 is 1.28 bits per heavy atom. The predicted octanol–water partition coefficient (Wildman–Crippen LogP) is 9.97. The summed E-state index contributed by atoms with van der Waals surface area (Å²) in [5.41, 5.74) is 3.95. The van der Waals surface area contributed by atoms with Crippen molar-refractivity contribution in [2.24, 2.45) is 0 Å². The molecule has 1 aliphatic carbocycles. The fourth-order valence-electron chi connectivity index (χ4n) is 6.94. The van der Waals surface area contributed by atoms with Crippen LogP contribution in [0, 0.1) is 18.8 Å². The van der Waals surface area contributed by atoms with Crippen molar-refractivity contribution < 1.29 is 26.1 Å². The van der Waals surface area contributed by atoms with Crippen LogP contribution in [0.25, 0.3) is 0 Å². The van der Waals surface area contributed by atoms with Crippen molar-refractivity contribution in [3.63, 3.8) is 0 Å². The fraction of sp³-hybridized carbons (Fsp3) is 0.148. The first kappa shape index (κ1) is 46.0. The molecule has 8 rings (SSSR count). The van der Waals surface area contributed by atoms with Gasteiger partial charge in [-0.1, -0.05) is 182 Å². The molecule has 0 spiro atoms. The van der Waals surface area contributed by atoms with Gasteiger partial charge in [0.25, 0.3) is 0 Å². The molecular formula is C54H54FeN2O2P2. The van der Waals surface area contributed by atoms with Crippen LogP contribution in [0.1, 0.15) is 16.7 Å². The molecule has 0 bridgehead atoms. The maximum Gasteiger partial charge on any atom is 2.00 e. The van der Waals surface area contributed by atoms with Crippen LogP contribution in [0.3, 0.4) is 0 Å². The Morgan fingerprint density at radius 2 is 0.902 bits per heavy atom. The standard InChI is InChI=1S/2C27H27NOP.Fe/c2*1-4-12-23(13-5-1)20-25(28-21-24-14-10-11-15-24)22-29-30(26-16-6-2-7-17-26)27-18-8-3-9-19-27;/h2*1-19,25,28H,20-22H2;/q2*-1;+2/t2*25-;/m00./s1. The molecule has 2 N–H and O–H groups in total. The summed E-state index contributed by atoms with van der Waals surface area (Å²) in [5, 5.41) is 12.4. The van der Waals surface area contributed by atoms with Gasteiger partial charge >= 0.3 is 17.1 Å². The van der Waals surface area contributed by atoms with Crippen molar-refractivity contribution in [3.05, 3.63) is 254 Å². The minimum absolute atomic E-state index is 0. The van der Waals surface area contributed by atoms with E-state index in [-0.39, 0.29) is 29.2 Å². The third kappa shape index (κ3) is 15.4. The smallest absolute Gasteiger partial charge is 0.348 e. The van der Waals surface area contributed by atoms with Gasteiger partial charge in [-0.05, 0) is 37.1 Å². The van der Waals surface area contributed by atoms with Crippen LogP contribution in [0.4, 0.5) is 0 Å². The maximum absolute atomic E-state index is 6.62. The van der Waals surface area contributed by atoms with E-state index in [9.17, 15) is 0 Å². The van der Waals surface area contributed by atoms with Crippen molar-refractivity contribution >= 4 is 37.5 Å². The van der Waals surface area contributed by atoms with Gasteiger partial charge < -0.3 is 19.7 Å². The van der Waals surface area contributed by atoms with E-state index in [1.54, 1.807) is 0 Å². The molecule has 7 aromatic rings. The first-order valence-corrected chi connectivity index (χ1v) is 23.3. The summed E-state index contributed by atoms with van der Waals surface area (Å²) < 4.78 is 13.2. The van der Waals surface area contributed by atoms with Crippen LogP contribution < -0.4 is 31.9 Å². The molecular weight excluding hydrogens is 826 g/mol. The molecule has 0 unspecified atom stereocenters. The molecule has 1 aliphatic rings. The van der Waals surface area contributed by atoms with E-state index in [0.29, 0.717) is 13.2 Å². The molecule has 61 heavy (non-hydrogen) atoms. The average molecular weight is 881 g/mol. The Balaban J connectivity index is 0.000000201. The largest absolute Gasteiger partial charge is 2.00 e. The molecule has 0 fully saturated rings. The van der Waals surface area contributed by atoms with Gasteiger partial charge in [0.05, 0.1) is 29.5 Å². The summed E-state index contributed by atoms with van der Waals surface area (Å²) in [6.07, 6.45) is 10.4. The van der Waals surface area contributed by atoms with Gasteiger partial charge in [-0.15, -0.1) is 12.8 Å². The van der Waals surface area contributed by atoms with E-state index in [2.05, 4.69) is 242 Å². The normalized spacial score (nSPS) is 13.0. The zero-order valence-corrected chi connectivity index (χ0v) is 37.3. The Hall–Kier alpha value is -4.50. The second-order valence-corrected chi connectivity index (χ2v) is 18.4. The first-order chi connectivity index (χ1) is 29.8. The summed E-state index contributed by atoms with van der Waals surface area (Å²) in [4.78, 5) is 0. The molecule has 0 amide bonds. The third-order valence-electron chi connectivity index (χ3n) is 10.1. The van der Waals surface area contributed by atoms with Crippen LogP contribution >= 0.6 is 16.3 Å². The van der Waals surface area contributed by atoms with Crippen molar-refractivity contribution in [1.82, 2.24) is 10.6 Å². The van der Waals surface area contributed by atoms with Gasteiger partial charge in [-0.25, -0.2) is 30.2 Å². The number of rotatable bonds is 20. The van der Waals surface area contributed by atoms with Crippen LogP contribution in [-0.2, 0) is 45.5 Å². The Labute approximate surface area is 377 Å². The second-order valence-electron chi connectivity index (χ2n) is 14.6. The van der Waals surface area contributed by atoms with Gasteiger partial charge in [0.2, 0.25) is 0 Å². The second kappa shape index (κ2) is 26.1. The number of hydrogen-bond acceptors (Lipinski definition) is 4. The molecule has 0 saturated heterocycles. The van der Waals surface area contributed by atoms with Crippen molar-refractivity contribution in [2.75, 3.05) is 19.8 Å². The molecule has 2 radical (unpaired) electrons. The SMILES string of the molecule is [CH]1[CH][C-](CN[C@H](COP(c2ccccc2)c2ccccc2)Cc2ccccc2)C=C1.[Fe+2].c1ccc(C[C@@H](COP(c2ccccc2)c2ccccc2)NCc2ccc[cH-]2)cc1. The molecule has 0 aliphatic heterocycles. The van der Waals surface area contributed by atoms with Crippen molar-refractivity contribution in [3.8, 4) is 0 Å². The van der Waals surface area contributed by atoms with Gasteiger partial charge in [0.1, 0.15) is 0 Å². The zero-order chi connectivity index (χ0) is 40.9. The van der Waals surface area contributed by atoms with E-state index in [1.165, 1.54) is 43.8 Å². The maximum atomic E-state index is 6.62. The van der Waals surface area contributed by atoms with E-state index in [4.69, 9.17) is 9.05 Å². The van der Waals surface area contributed by atoms with Crippen molar-refractivity contribution in [1.29, 1.82) is 0 Å². The molecule has 0 heterocycles. The quantitative estimate of drug-likeness (QED) is 0.0455. The van der Waals surface area contributed by atoms with Gasteiger partial charge in [-0.2, -0.15) is 17.7 Å². The summed E-state index contributed by atoms with van der Waals surface area (Å²) in [6, 6.07) is 72.6. The topological polar surface area (TPSA) is 42.5 Å². The van der Waals surface area contributed by atoms with Crippen LogP contribution in [0.2, 0.25) is 0 Å². The molecule has 4 nitrogen and oxygen atoms in total. The van der Waals surface area contributed by atoms with E-state index in [1.807, 2.05) is 0 Å². The Morgan fingerprint density at radius 1 is 0.492 bits per heavy atom. The van der Waals surface area contributed by atoms with Gasteiger partial charge in [0.15, 0.2) is 0 Å². The van der Waals surface area contributed by atoms with E-state index < -0.39 is 16.3 Å². The molecule has 310 valence electrons. The number of hydrogen-bond donors (Lipinski definition) is 2. The summed E-state index contributed by atoms with van der Waals surface area (Å²) in [5.74, 6) is 1.31. The minimum Gasteiger partial charge on any atom is -0.348 e. The predicted molar refractivity (Wildman–Crippen MR) is 256 cm³/mol. The molecule has 0 saturated carbocycles. The summed E-state index contributed by atoms with van der Waals surface area (Å²) in [7, 11) is -1.71. The Kier molecular flexibility index (Phi) is 19.7. The minimum atomic E-state index is -0.854. The van der Waals surface area contributed by atoms with E-state index in [0.717, 1.165) is 25.9 Å². The number of allylic oxidation sites excluding steroid dienone is 1. The number of nitrogens with one attached hydrogen (secondary N) is 2. The summed E-state index contributed by atoms with van der Waals surface area (Å²) in [6.45, 7) is 3.01. The molecule has 7 aromatic carbocycles. The zero-order valence-electron chi connectivity index (χ0n) is 34.4. The molecule has 2 atom stereocenters. The molecule has 0 aromatic heterocycles. The summed E-state index contributed by atoms with van der Waals surface area (Å²) >= 11 is 0. The van der Waals surface area contributed by atoms with Gasteiger partial charge in [-0.3, -0.25) is 0 Å². The van der Waals surface area contributed by atoms with Gasteiger partial charge in [0, 0.05) is 33.3 Å². The average Bonchev–Trinajstić information content (AvgIpc) is 4.05. The monoisotopic (exact) mass is 880 g/mol. The first-order valence-electron chi connectivity index (χ1n) is 20.8.